The number of aromatic nitrogens is 2. The Morgan fingerprint density at radius 2 is 2.21 bits per heavy atom. The van der Waals surface area contributed by atoms with Crippen LogP contribution in [0.15, 0.2) is 18.5 Å². The summed E-state index contributed by atoms with van der Waals surface area (Å²) in [4.78, 5) is 15.6. The number of imidazole rings is 1. The fourth-order valence-corrected chi connectivity index (χ4v) is 1.50. The summed E-state index contributed by atoms with van der Waals surface area (Å²) < 4.78 is 1.78. The van der Waals surface area contributed by atoms with Crippen LogP contribution in [0.2, 0.25) is 0 Å². The maximum absolute atomic E-state index is 11.3. The number of fused-ring (bicyclic) bond motifs is 1. The van der Waals surface area contributed by atoms with E-state index < -0.39 is 0 Å². The predicted molar refractivity (Wildman–Crippen MR) is 55.3 cm³/mol. The number of aryl methyl sites for hydroxylation is 1. The van der Waals surface area contributed by atoms with Gasteiger partial charge in [-0.3, -0.25) is 4.79 Å². The molecule has 0 aliphatic rings. The van der Waals surface area contributed by atoms with Gasteiger partial charge in [-0.1, -0.05) is 11.5 Å². The molecule has 3 nitrogen and oxygen atoms in total. The van der Waals surface area contributed by atoms with Crippen LogP contribution in [0.25, 0.3) is 5.65 Å². The summed E-state index contributed by atoms with van der Waals surface area (Å²) in [5.74, 6) is -0.0205. The zero-order valence-corrected chi connectivity index (χ0v) is 8.11. The van der Waals surface area contributed by atoms with Gasteiger partial charge in [0.1, 0.15) is 13.5 Å². The van der Waals surface area contributed by atoms with Gasteiger partial charge >= 0.3 is 0 Å². The van der Waals surface area contributed by atoms with Crippen LogP contribution < -0.4 is 5.46 Å². The quantitative estimate of drug-likeness (QED) is 0.481. The lowest BCUT2D eigenvalue weighted by atomic mass is 9.96. The van der Waals surface area contributed by atoms with Crippen molar-refractivity contribution in [1.82, 2.24) is 9.38 Å². The standard InChI is InChI=1S/C10H9BN2O/c1-6-4-13-5-8(11)3-9(7(2)14)10(13)12-6/h3-5H,1-2H3. The second-order valence-corrected chi connectivity index (χ2v) is 3.36. The van der Waals surface area contributed by atoms with Crippen LogP contribution in [0.5, 0.6) is 0 Å². The Balaban J connectivity index is 2.85. The molecule has 0 aliphatic carbocycles. The van der Waals surface area contributed by atoms with Gasteiger partial charge in [-0.25, -0.2) is 4.98 Å². The number of rotatable bonds is 1. The summed E-state index contributed by atoms with van der Waals surface area (Å²) in [7, 11) is 5.67. The molecule has 0 spiro atoms. The third kappa shape index (κ3) is 1.33. The molecule has 68 valence electrons. The van der Waals surface area contributed by atoms with Gasteiger partial charge in [0, 0.05) is 12.4 Å². The molecule has 4 heteroatoms. The van der Waals surface area contributed by atoms with Gasteiger partial charge in [0.25, 0.3) is 0 Å². The summed E-state index contributed by atoms with van der Waals surface area (Å²) in [5.41, 5.74) is 2.68. The van der Waals surface area contributed by atoms with Crippen molar-refractivity contribution < 1.29 is 4.79 Å². The minimum absolute atomic E-state index is 0.0205. The highest BCUT2D eigenvalue weighted by Crippen LogP contribution is 2.09. The van der Waals surface area contributed by atoms with Crippen LogP contribution >= 0.6 is 0 Å². The molecule has 2 radical (unpaired) electrons. The van der Waals surface area contributed by atoms with Crippen molar-refractivity contribution in [2.75, 3.05) is 0 Å². The lowest BCUT2D eigenvalue weighted by molar-refractivity contribution is 0.101. The summed E-state index contributed by atoms with van der Waals surface area (Å²) in [5, 5.41) is 0. The number of carbonyl (C=O) groups excluding carboxylic acids is 1. The van der Waals surface area contributed by atoms with Gasteiger partial charge in [0.05, 0.1) is 11.3 Å². The summed E-state index contributed by atoms with van der Waals surface area (Å²) in [6, 6.07) is 1.66. The van der Waals surface area contributed by atoms with Crippen LogP contribution in [0.1, 0.15) is 23.0 Å². The van der Waals surface area contributed by atoms with E-state index in [9.17, 15) is 4.79 Å². The molecule has 0 saturated heterocycles. The molecular formula is C10H9BN2O. The molecule has 2 aromatic rings. The van der Waals surface area contributed by atoms with Crippen LogP contribution in [0.4, 0.5) is 0 Å². The SMILES string of the molecule is [B]c1cc(C(C)=O)c2nc(C)cn2c1. The highest BCUT2D eigenvalue weighted by molar-refractivity contribution is 6.32. The first-order chi connectivity index (χ1) is 6.58. The van der Waals surface area contributed by atoms with E-state index in [1.165, 1.54) is 6.92 Å². The Morgan fingerprint density at radius 1 is 1.50 bits per heavy atom. The minimum atomic E-state index is -0.0205. The molecule has 0 amide bonds. The van der Waals surface area contributed by atoms with Crippen molar-refractivity contribution in [3.05, 3.63) is 29.7 Å². The first-order valence-electron chi connectivity index (χ1n) is 4.33. The largest absolute Gasteiger partial charge is 0.307 e. The first kappa shape index (κ1) is 9.00. The predicted octanol–water partition coefficient (Wildman–Crippen LogP) is 0.639. The van der Waals surface area contributed by atoms with E-state index in [4.69, 9.17) is 7.85 Å². The topological polar surface area (TPSA) is 34.4 Å². The third-order valence-electron chi connectivity index (χ3n) is 2.07. The number of ketones is 1. The van der Waals surface area contributed by atoms with Crippen LogP contribution in [-0.2, 0) is 0 Å². The average Bonchev–Trinajstić information content (AvgIpc) is 2.42. The monoisotopic (exact) mass is 184 g/mol. The van der Waals surface area contributed by atoms with Crippen molar-refractivity contribution in [3.63, 3.8) is 0 Å². The molecule has 2 rings (SSSR count). The molecule has 0 aromatic carbocycles. The van der Waals surface area contributed by atoms with Gasteiger partial charge in [-0.2, -0.15) is 0 Å². The molecule has 0 saturated carbocycles. The number of carbonyl (C=O) groups is 1. The molecule has 0 aliphatic heterocycles. The van der Waals surface area contributed by atoms with Crippen molar-refractivity contribution in [1.29, 1.82) is 0 Å². The average molecular weight is 184 g/mol. The Hall–Kier alpha value is -1.58. The highest BCUT2D eigenvalue weighted by Gasteiger charge is 2.08. The highest BCUT2D eigenvalue weighted by atomic mass is 16.1. The van der Waals surface area contributed by atoms with E-state index in [1.807, 2.05) is 13.1 Å². The fraction of sp³-hybridized carbons (Fsp3) is 0.200. The van der Waals surface area contributed by atoms with E-state index in [0.717, 1.165) is 5.69 Å². The van der Waals surface area contributed by atoms with Crippen LogP contribution in [0, 0.1) is 6.92 Å². The number of hydrogen-bond acceptors (Lipinski definition) is 2. The Kier molecular flexibility index (Phi) is 1.91. The molecule has 0 fully saturated rings. The second kappa shape index (κ2) is 2.98. The zero-order valence-electron chi connectivity index (χ0n) is 8.11. The van der Waals surface area contributed by atoms with Gasteiger partial charge in [-0.05, 0) is 13.8 Å². The third-order valence-corrected chi connectivity index (χ3v) is 2.07. The number of nitrogens with zero attached hydrogens (tertiary/aromatic N) is 2. The number of hydrogen-bond donors (Lipinski definition) is 0. The molecule has 14 heavy (non-hydrogen) atoms. The van der Waals surface area contributed by atoms with Crippen LogP contribution in [-0.4, -0.2) is 23.0 Å². The number of pyridine rings is 1. The van der Waals surface area contributed by atoms with Crippen LogP contribution in [0.3, 0.4) is 0 Å². The zero-order chi connectivity index (χ0) is 10.3. The normalized spacial score (nSPS) is 10.7. The first-order valence-corrected chi connectivity index (χ1v) is 4.33. The lowest BCUT2D eigenvalue weighted by Gasteiger charge is -2.01. The Bertz CT molecular complexity index is 516. The molecule has 0 bridgehead atoms. The minimum Gasteiger partial charge on any atom is -0.307 e. The van der Waals surface area contributed by atoms with Gasteiger partial charge in [0.15, 0.2) is 5.78 Å². The summed E-state index contributed by atoms with van der Waals surface area (Å²) >= 11 is 0. The van der Waals surface area contributed by atoms with Gasteiger partial charge in [0.2, 0.25) is 0 Å². The van der Waals surface area contributed by atoms with Crippen molar-refractivity contribution in [3.8, 4) is 0 Å². The molecule has 0 unspecified atom stereocenters. The van der Waals surface area contributed by atoms with E-state index in [2.05, 4.69) is 4.98 Å². The second-order valence-electron chi connectivity index (χ2n) is 3.36. The fourth-order valence-electron chi connectivity index (χ4n) is 1.50. The summed E-state index contributed by atoms with van der Waals surface area (Å²) in [6.07, 6.45) is 3.60. The maximum atomic E-state index is 11.3. The van der Waals surface area contributed by atoms with E-state index in [0.29, 0.717) is 16.7 Å². The van der Waals surface area contributed by atoms with Crippen molar-refractivity contribution >= 4 is 24.7 Å². The van der Waals surface area contributed by atoms with E-state index >= 15 is 0 Å². The molecule has 0 atom stereocenters. The number of Topliss-reactive ketones (excluding diaryl/α,β-unsaturated/α-hetero) is 1. The molecule has 0 N–H and O–H groups in total. The molecule has 2 aromatic heterocycles. The molecular weight excluding hydrogens is 175 g/mol. The van der Waals surface area contributed by atoms with Gasteiger partial charge in [-0.15, -0.1) is 0 Å². The van der Waals surface area contributed by atoms with E-state index in [-0.39, 0.29) is 5.78 Å². The van der Waals surface area contributed by atoms with Crippen molar-refractivity contribution in [2.24, 2.45) is 0 Å². The Labute approximate surface area is 83.2 Å². The summed E-state index contributed by atoms with van der Waals surface area (Å²) in [6.45, 7) is 3.39. The van der Waals surface area contributed by atoms with E-state index in [1.54, 1.807) is 16.7 Å². The molecule has 2 heterocycles. The lowest BCUT2D eigenvalue weighted by Crippen LogP contribution is -2.10. The van der Waals surface area contributed by atoms with Gasteiger partial charge < -0.3 is 4.40 Å². The maximum Gasteiger partial charge on any atom is 0.163 e. The smallest absolute Gasteiger partial charge is 0.163 e. The Morgan fingerprint density at radius 3 is 2.86 bits per heavy atom. The van der Waals surface area contributed by atoms with Crippen molar-refractivity contribution in [2.45, 2.75) is 13.8 Å².